The average molecular weight is 386 g/mol. The van der Waals surface area contributed by atoms with Crippen molar-refractivity contribution in [3.8, 4) is 0 Å². The number of carbonyl (C=O) groups is 3. The summed E-state index contributed by atoms with van der Waals surface area (Å²) in [6.07, 6.45) is 3.13. The van der Waals surface area contributed by atoms with Crippen LogP contribution in [0.2, 0.25) is 0 Å². The zero-order valence-corrected chi connectivity index (χ0v) is 17.5. The number of aromatic carboxylic acids is 1. The first kappa shape index (κ1) is 21.1. The first-order valence-electron chi connectivity index (χ1n) is 8.35. The van der Waals surface area contributed by atoms with Gasteiger partial charge in [-0.25, -0.2) is 9.59 Å². The summed E-state index contributed by atoms with van der Waals surface area (Å²) in [5, 5.41) is 17.9. The van der Waals surface area contributed by atoms with Crippen LogP contribution in [0, 0.1) is 0 Å². The van der Waals surface area contributed by atoms with Gasteiger partial charge in [0.1, 0.15) is 0 Å². The molecule has 7 nitrogen and oxygen atoms in total. The molecule has 0 saturated carbocycles. The largest absolute Gasteiger partial charge is 0.478 e. The number of hydrogen-bond donors (Lipinski definition) is 4. The van der Waals surface area contributed by atoms with E-state index in [1.54, 1.807) is 12.1 Å². The summed E-state index contributed by atoms with van der Waals surface area (Å²) in [6, 6.07) is 6.48. The number of carbonyl (C=O) groups excluding carboxylic acids is 2. The number of thioether (sulfide) groups is 1. The Morgan fingerprint density at radius 2 is 1.92 bits per heavy atom. The van der Waals surface area contributed by atoms with Gasteiger partial charge in [0.05, 0.1) is 17.6 Å². The van der Waals surface area contributed by atoms with E-state index >= 15 is 0 Å². The van der Waals surface area contributed by atoms with Crippen LogP contribution in [0.15, 0.2) is 24.3 Å². The summed E-state index contributed by atoms with van der Waals surface area (Å²) in [6.45, 7) is 0. The van der Waals surface area contributed by atoms with Crippen molar-refractivity contribution in [1.82, 2.24) is 10.6 Å². The number of amides is 3. The van der Waals surface area contributed by atoms with E-state index in [1.165, 1.54) is 12.1 Å². The van der Waals surface area contributed by atoms with Crippen molar-refractivity contribution in [3.63, 3.8) is 0 Å². The molecular formula is C17H21N3NaO4S. The van der Waals surface area contributed by atoms with Crippen molar-refractivity contribution in [2.75, 3.05) is 11.1 Å². The van der Waals surface area contributed by atoms with Gasteiger partial charge in [-0.2, -0.15) is 11.8 Å². The minimum Gasteiger partial charge on any atom is -0.478 e. The molecule has 2 unspecified atom stereocenters. The Kier molecular flexibility index (Phi) is 7.82. The van der Waals surface area contributed by atoms with Gasteiger partial charge in [0, 0.05) is 52.7 Å². The molecule has 3 rings (SSSR count). The molecule has 3 atom stereocenters. The van der Waals surface area contributed by atoms with Crippen molar-refractivity contribution in [2.24, 2.45) is 0 Å². The monoisotopic (exact) mass is 386 g/mol. The predicted octanol–water partition coefficient (Wildman–Crippen LogP) is 1.67. The van der Waals surface area contributed by atoms with E-state index in [2.05, 4.69) is 16.0 Å². The molecule has 4 N–H and O–H groups in total. The van der Waals surface area contributed by atoms with Crippen LogP contribution in [0.1, 0.15) is 36.0 Å². The number of anilines is 1. The summed E-state index contributed by atoms with van der Waals surface area (Å²) < 4.78 is 0. The molecule has 2 fully saturated rings. The van der Waals surface area contributed by atoms with E-state index in [4.69, 9.17) is 5.11 Å². The molecule has 3 amide bonds. The molecule has 0 bridgehead atoms. The first-order valence-corrected chi connectivity index (χ1v) is 9.39. The number of carboxylic acids is 1. The number of carboxylic acid groups (broad SMARTS) is 1. The van der Waals surface area contributed by atoms with Crippen molar-refractivity contribution in [3.05, 3.63) is 29.8 Å². The Balaban J connectivity index is 0.00000243. The quantitative estimate of drug-likeness (QED) is 0.324. The maximum absolute atomic E-state index is 12.0. The summed E-state index contributed by atoms with van der Waals surface area (Å²) in [4.78, 5) is 34.1. The van der Waals surface area contributed by atoms with Crippen molar-refractivity contribution in [1.29, 1.82) is 0 Å². The van der Waals surface area contributed by atoms with E-state index < -0.39 is 5.97 Å². The Morgan fingerprint density at radius 1 is 1.19 bits per heavy atom. The van der Waals surface area contributed by atoms with Gasteiger partial charge in [-0.1, -0.05) is 6.42 Å². The fourth-order valence-electron chi connectivity index (χ4n) is 3.19. The minimum absolute atomic E-state index is 0. The topological polar surface area (TPSA) is 108 Å². The van der Waals surface area contributed by atoms with Crippen LogP contribution in [0.3, 0.4) is 0 Å². The number of fused-ring (bicyclic) bond motifs is 1. The predicted molar refractivity (Wildman–Crippen MR) is 102 cm³/mol. The number of urea groups is 1. The van der Waals surface area contributed by atoms with Gasteiger partial charge < -0.3 is 21.1 Å². The number of benzene rings is 1. The van der Waals surface area contributed by atoms with Crippen LogP contribution < -0.4 is 16.0 Å². The van der Waals surface area contributed by atoms with Crippen LogP contribution in [-0.4, -0.2) is 75.7 Å². The summed E-state index contributed by atoms with van der Waals surface area (Å²) in [5.41, 5.74) is 0.794. The third-order valence-electron chi connectivity index (χ3n) is 4.50. The molecule has 1 aromatic rings. The zero-order valence-electron chi connectivity index (χ0n) is 14.7. The maximum Gasteiger partial charge on any atom is 0.335 e. The van der Waals surface area contributed by atoms with Gasteiger partial charge >= 0.3 is 12.0 Å². The second-order valence-corrected chi connectivity index (χ2v) is 7.57. The smallest absolute Gasteiger partial charge is 0.335 e. The van der Waals surface area contributed by atoms with E-state index in [0.29, 0.717) is 17.4 Å². The fourth-order valence-corrected chi connectivity index (χ4v) is 4.74. The fraction of sp³-hybridized carbons (Fsp3) is 0.471. The molecule has 0 aromatic heterocycles. The molecule has 2 aliphatic heterocycles. The summed E-state index contributed by atoms with van der Waals surface area (Å²) >= 11 is 1.88. The SMILES string of the molecule is O=C(CCCC[C@@H]1SCC2NC(=O)NC21)Nc1ccc(C(=O)O)cc1.[Na]. The molecule has 2 aliphatic rings. The molecule has 2 saturated heterocycles. The molecule has 0 spiro atoms. The van der Waals surface area contributed by atoms with Crippen LogP contribution in [-0.2, 0) is 4.79 Å². The van der Waals surface area contributed by atoms with Crippen LogP contribution in [0.25, 0.3) is 0 Å². The van der Waals surface area contributed by atoms with Crippen molar-refractivity contribution >= 4 is 64.9 Å². The molecule has 26 heavy (non-hydrogen) atoms. The average Bonchev–Trinajstić information content (AvgIpc) is 3.11. The van der Waals surface area contributed by atoms with E-state index in [9.17, 15) is 14.4 Å². The maximum atomic E-state index is 12.0. The van der Waals surface area contributed by atoms with Gasteiger partial charge in [-0.3, -0.25) is 4.79 Å². The second-order valence-electron chi connectivity index (χ2n) is 6.30. The van der Waals surface area contributed by atoms with Gasteiger partial charge in [0.2, 0.25) is 5.91 Å². The molecule has 1 radical (unpaired) electrons. The van der Waals surface area contributed by atoms with E-state index in [-0.39, 0.29) is 59.1 Å². The van der Waals surface area contributed by atoms with Crippen LogP contribution >= 0.6 is 11.8 Å². The van der Waals surface area contributed by atoms with Crippen LogP contribution in [0.5, 0.6) is 0 Å². The Hall–Kier alpha value is -1.22. The molecule has 9 heteroatoms. The molecule has 0 aliphatic carbocycles. The zero-order chi connectivity index (χ0) is 17.8. The first-order chi connectivity index (χ1) is 12.0. The normalized spacial score (nSPS) is 23.4. The van der Waals surface area contributed by atoms with E-state index in [1.807, 2.05) is 11.8 Å². The summed E-state index contributed by atoms with van der Waals surface area (Å²) in [7, 11) is 0. The number of nitrogens with one attached hydrogen (secondary N) is 3. The van der Waals surface area contributed by atoms with Crippen LogP contribution in [0.4, 0.5) is 10.5 Å². The molecular weight excluding hydrogens is 365 g/mol. The number of rotatable bonds is 7. The van der Waals surface area contributed by atoms with Gasteiger partial charge in [0.25, 0.3) is 0 Å². The van der Waals surface area contributed by atoms with E-state index in [0.717, 1.165) is 25.0 Å². The minimum atomic E-state index is -0.987. The second kappa shape index (κ2) is 9.64. The Morgan fingerprint density at radius 3 is 2.62 bits per heavy atom. The Labute approximate surface area is 178 Å². The number of hydrogen-bond acceptors (Lipinski definition) is 4. The van der Waals surface area contributed by atoms with Gasteiger partial charge in [0.15, 0.2) is 0 Å². The third kappa shape index (κ3) is 5.39. The Bertz CT molecular complexity index is 670. The summed E-state index contributed by atoms with van der Waals surface area (Å²) in [5.74, 6) is -0.115. The van der Waals surface area contributed by atoms with Gasteiger partial charge in [-0.05, 0) is 37.1 Å². The third-order valence-corrected chi connectivity index (χ3v) is 6.00. The standard InChI is InChI=1S/C17H21N3O4S.Na/c21-14(18-11-7-5-10(6-8-11)16(22)23)4-2-1-3-13-15-12(9-25-13)19-17(24)20-15;/h5-8,12-13,15H,1-4,9H2,(H,18,21)(H,22,23)(H2,19,20,24);/t12?,13-,15?;/m0./s1. The molecule has 1 aromatic carbocycles. The van der Waals surface area contributed by atoms with Gasteiger partial charge in [-0.15, -0.1) is 0 Å². The molecule has 135 valence electrons. The van der Waals surface area contributed by atoms with Crippen molar-refractivity contribution in [2.45, 2.75) is 43.0 Å². The van der Waals surface area contributed by atoms with Crippen molar-refractivity contribution < 1.29 is 19.5 Å². The molecule has 2 heterocycles. The number of unbranched alkanes of at least 4 members (excludes halogenated alkanes) is 1.